The normalized spacial score (nSPS) is 14.8. The van der Waals surface area contributed by atoms with Crippen molar-refractivity contribution in [1.29, 1.82) is 0 Å². The number of nitrogens with two attached hydrogens (primary N) is 1. The third-order valence-corrected chi connectivity index (χ3v) is 3.66. The Morgan fingerprint density at radius 2 is 2.15 bits per heavy atom. The van der Waals surface area contributed by atoms with Crippen LogP contribution in [0.25, 0.3) is 0 Å². The van der Waals surface area contributed by atoms with E-state index in [0.29, 0.717) is 5.69 Å². The molecule has 2 heterocycles. The lowest BCUT2D eigenvalue weighted by Gasteiger charge is -2.28. The summed E-state index contributed by atoms with van der Waals surface area (Å²) in [7, 11) is 0. The van der Waals surface area contributed by atoms with Crippen molar-refractivity contribution in [3.05, 3.63) is 58.9 Å². The average Bonchev–Trinajstić information content (AvgIpc) is 2.47. The van der Waals surface area contributed by atoms with Gasteiger partial charge in [0.2, 0.25) is 0 Å². The first kappa shape index (κ1) is 12.8. The summed E-state index contributed by atoms with van der Waals surface area (Å²) in [6.07, 6.45) is 1.80. The van der Waals surface area contributed by atoms with Crippen LogP contribution in [0.1, 0.15) is 27.3 Å². The smallest absolute Gasteiger partial charge is 0.168 e. The van der Waals surface area contributed by atoms with E-state index in [-0.39, 0.29) is 0 Å². The van der Waals surface area contributed by atoms with Crippen molar-refractivity contribution in [3.8, 4) is 0 Å². The molecule has 102 valence electrons. The third-order valence-electron chi connectivity index (χ3n) is 3.66. The van der Waals surface area contributed by atoms with Crippen LogP contribution in [0, 0.1) is 0 Å². The Kier molecular flexibility index (Phi) is 3.48. The summed E-state index contributed by atoms with van der Waals surface area (Å²) in [5, 5.41) is 0. The summed E-state index contributed by atoms with van der Waals surface area (Å²) >= 11 is 0. The second kappa shape index (κ2) is 5.43. The number of hydrogen-bond acceptors (Lipinski definition) is 4. The molecule has 1 aromatic heterocycles. The molecule has 0 spiro atoms. The summed E-state index contributed by atoms with van der Waals surface area (Å²) in [5.41, 5.74) is 10.8. The van der Waals surface area contributed by atoms with E-state index in [1.807, 2.05) is 18.2 Å². The van der Waals surface area contributed by atoms with Crippen LogP contribution in [0.2, 0.25) is 0 Å². The van der Waals surface area contributed by atoms with Gasteiger partial charge in [-0.25, -0.2) is 4.98 Å². The molecular weight excluding hydrogens is 250 g/mol. The number of aromatic nitrogens is 1. The van der Waals surface area contributed by atoms with Crippen LogP contribution < -0.4 is 5.73 Å². The topological polar surface area (TPSA) is 59.2 Å². The Hall–Kier alpha value is -2.20. The van der Waals surface area contributed by atoms with E-state index in [1.54, 1.807) is 6.07 Å². The van der Waals surface area contributed by atoms with Crippen molar-refractivity contribution in [2.75, 3.05) is 12.3 Å². The number of nitrogens with zero attached hydrogens (tertiary/aromatic N) is 2. The quantitative estimate of drug-likeness (QED) is 0.683. The lowest BCUT2D eigenvalue weighted by molar-refractivity contribution is 0.111. The Morgan fingerprint density at radius 3 is 3.00 bits per heavy atom. The van der Waals surface area contributed by atoms with E-state index in [1.165, 1.54) is 11.1 Å². The highest BCUT2D eigenvalue weighted by Gasteiger charge is 2.16. The number of rotatable bonds is 3. The molecule has 0 fully saturated rings. The van der Waals surface area contributed by atoms with Gasteiger partial charge in [0.1, 0.15) is 5.69 Å². The van der Waals surface area contributed by atoms with Gasteiger partial charge in [-0.3, -0.25) is 9.69 Å². The van der Waals surface area contributed by atoms with Gasteiger partial charge in [-0.05, 0) is 41.8 Å². The van der Waals surface area contributed by atoms with Crippen LogP contribution in [0.3, 0.4) is 0 Å². The maximum absolute atomic E-state index is 10.8. The zero-order valence-electron chi connectivity index (χ0n) is 11.2. The maximum Gasteiger partial charge on any atom is 0.168 e. The summed E-state index contributed by atoms with van der Waals surface area (Å²) in [6, 6.07) is 11.7. The van der Waals surface area contributed by atoms with Crippen molar-refractivity contribution < 1.29 is 4.79 Å². The first-order valence-electron chi connectivity index (χ1n) is 6.75. The molecule has 0 bridgehead atoms. The monoisotopic (exact) mass is 267 g/mol. The molecule has 2 N–H and O–H groups in total. The molecule has 1 aliphatic rings. The molecule has 4 heteroatoms. The fraction of sp³-hybridized carbons (Fsp3) is 0.250. The second-order valence-electron chi connectivity index (χ2n) is 5.16. The van der Waals surface area contributed by atoms with E-state index in [4.69, 9.17) is 5.73 Å². The van der Waals surface area contributed by atoms with Crippen molar-refractivity contribution >= 4 is 12.0 Å². The van der Waals surface area contributed by atoms with Gasteiger partial charge < -0.3 is 5.73 Å². The van der Waals surface area contributed by atoms with Gasteiger partial charge in [0.05, 0.1) is 5.69 Å². The molecular formula is C16H17N3O. The van der Waals surface area contributed by atoms with Gasteiger partial charge in [0.15, 0.2) is 6.29 Å². The van der Waals surface area contributed by atoms with Gasteiger partial charge >= 0.3 is 0 Å². The number of aldehydes is 1. The number of pyridine rings is 1. The fourth-order valence-electron chi connectivity index (χ4n) is 2.65. The summed E-state index contributed by atoms with van der Waals surface area (Å²) in [6.45, 7) is 2.66. The highest BCUT2D eigenvalue weighted by molar-refractivity contribution is 5.71. The van der Waals surface area contributed by atoms with Crippen LogP contribution in [-0.2, 0) is 19.5 Å². The molecule has 0 atom stereocenters. The van der Waals surface area contributed by atoms with Crippen LogP contribution >= 0.6 is 0 Å². The second-order valence-corrected chi connectivity index (χ2v) is 5.16. The van der Waals surface area contributed by atoms with Crippen molar-refractivity contribution in [2.24, 2.45) is 0 Å². The highest BCUT2D eigenvalue weighted by atomic mass is 16.1. The molecule has 0 radical (unpaired) electrons. The first-order chi connectivity index (χ1) is 9.74. The zero-order valence-corrected chi connectivity index (χ0v) is 11.2. The first-order valence-corrected chi connectivity index (χ1v) is 6.75. The summed E-state index contributed by atoms with van der Waals surface area (Å²) in [5.74, 6) is 0. The van der Waals surface area contributed by atoms with Crippen LogP contribution in [0.15, 0.2) is 36.4 Å². The SMILES string of the molecule is Nc1ccc2c(c1)CCN(Cc1cccc(C=O)n1)C2. The lowest BCUT2D eigenvalue weighted by atomic mass is 9.99. The van der Waals surface area contributed by atoms with Crippen molar-refractivity contribution in [1.82, 2.24) is 9.88 Å². The predicted molar refractivity (Wildman–Crippen MR) is 78.3 cm³/mol. The number of hydrogen-bond donors (Lipinski definition) is 1. The number of carbonyl (C=O) groups excluding carboxylic acids is 1. The average molecular weight is 267 g/mol. The van der Waals surface area contributed by atoms with Gasteiger partial charge in [0, 0.05) is 25.3 Å². The van der Waals surface area contributed by atoms with E-state index < -0.39 is 0 Å². The Labute approximate surface area is 118 Å². The fourth-order valence-corrected chi connectivity index (χ4v) is 2.65. The van der Waals surface area contributed by atoms with E-state index in [9.17, 15) is 4.79 Å². The standard InChI is InChI=1S/C16H17N3O/c17-14-5-4-13-9-19(7-6-12(13)8-14)10-15-2-1-3-16(11-20)18-15/h1-5,8,11H,6-7,9-10,17H2. The van der Waals surface area contributed by atoms with Crippen LogP contribution in [0.5, 0.6) is 0 Å². The van der Waals surface area contributed by atoms with E-state index >= 15 is 0 Å². The molecule has 1 aliphatic heterocycles. The minimum Gasteiger partial charge on any atom is -0.399 e. The van der Waals surface area contributed by atoms with Crippen LogP contribution in [-0.4, -0.2) is 22.7 Å². The Bertz CT molecular complexity index is 639. The van der Waals surface area contributed by atoms with Gasteiger partial charge in [-0.15, -0.1) is 0 Å². The molecule has 20 heavy (non-hydrogen) atoms. The van der Waals surface area contributed by atoms with Crippen molar-refractivity contribution in [3.63, 3.8) is 0 Å². The molecule has 0 saturated heterocycles. The predicted octanol–water partition coefficient (Wildman–Crippen LogP) is 2.03. The van der Waals surface area contributed by atoms with Crippen molar-refractivity contribution in [2.45, 2.75) is 19.5 Å². The number of benzene rings is 1. The minimum atomic E-state index is 0.493. The minimum absolute atomic E-state index is 0.493. The number of carbonyl (C=O) groups is 1. The van der Waals surface area contributed by atoms with Crippen LogP contribution in [0.4, 0.5) is 5.69 Å². The van der Waals surface area contributed by atoms with E-state index in [2.05, 4.69) is 22.0 Å². The highest BCUT2D eigenvalue weighted by Crippen LogP contribution is 2.22. The largest absolute Gasteiger partial charge is 0.399 e. The maximum atomic E-state index is 10.8. The summed E-state index contributed by atoms with van der Waals surface area (Å²) in [4.78, 5) is 17.4. The zero-order chi connectivity index (χ0) is 13.9. The molecule has 1 aromatic carbocycles. The van der Waals surface area contributed by atoms with Gasteiger partial charge in [-0.2, -0.15) is 0 Å². The molecule has 0 aliphatic carbocycles. The number of anilines is 1. The molecule has 0 unspecified atom stereocenters. The molecule has 0 amide bonds. The Balaban J connectivity index is 1.74. The number of fused-ring (bicyclic) bond motifs is 1. The molecule has 4 nitrogen and oxygen atoms in total. The lowest BCUT2D eigenvalue weighted by Crippen LogP contribution is -2.30. The van der Waals surface area contributed by atoms with E-state index in [0.717, 1.165) is 43.7 Å². The number of nitrogen functional groups attached to an aromatic ring is 1. The Morgan fingerprint density at radius 1 is 1.25 bits per heavy atom. The molecule has 2 aromatic rings. The van der Waals surface area contributed by atoms with Gasteiger partial charge in [-0.1, -0.05) is 12.1 Å². The van der Waals surface area contributed by atoms with Gasteiger partial charge in [0.25, 0.3) is 0 Å². The molecule has 0 saturated carbocycles. The summed E-state index contributed by atoms with van der Waals surface area (Å²) < 4.78 is 0. The molecule has 3 rings (SSSR count). The third kappa shape index (κ3) is 2.70.